The molecule has 1 radical (unpaired) electrons. The van der Waals surface area contributed by atoms with Crippen LogP contribution in [0.15, 0.2) is 36.4 Å². The predicted octanol–water partition coefficient (Wildman–Crippen LogP) is 3.06. The zero-order chi connectivity index (χ0) is 11.5. The number of nitrogens with one attached hydrogen (secondary N) is 1. The first kappa shape index (κ1) is 11.0. The van der Waals surface area contributed by atoms with E-state index in [9.17, 15) is 0 Å². The molecule has 0 amide bonds. The number of hydrogen-bond acceptors (Lipinski definition) is 1. The number of fused-ring (bicyclic) bond motifs is 1. The number of hydrogen-bond donors (Lipinski definition) is 0. The van der Waals surface area contributed by atoms with Gasteiger partial charge in [0.2, 0.25) is 0 Å². The Morgan fingerprint density at radius 3 is 2.44 bits per heavy atom. The second-order valence-corrected chi connectivity index (χ2v) is 4.08. The van der Waals surface area contributed by atoms with Crippen molar-refractivity contribution in [3.05, 3.63) is 42.0 Å². The summed E-state index contributed by atoms with van der Waals surface area (Å²) in [5.74, 6) is 0.900. The fraction of sp³-hybridized carbons (Fsp3) is 0.286. The Balaban J connectivity index is 2.60. The van der Waals surface area contributed by atoms with Gasteiger partial charge in [-0.05, 0) is 30.4 Å². The van der Waals surface area contributed by atoms with Gasteiger partial charge in [0.25, 0.3) is 0 Å². The van der Waals surface area contributed by atoms with Crippen molar-refractivity contribution >= 4 is 10.8 Å². The van der Waals surface area contributed by atoms with Crippen LogP contribution in [-0.4, -0.2) is 13.2 Å². The number of methoxy groups -OCH3 is 1. The first-order valence-corrected chi connectivity index (χ1v) is 5.48. The van der Waals surface area contributed by atoms with Crippen molar-refractivity contribution in [1.82, 2.24) is 5.73 Å². The van der Waals surface area contributed by atoms with Crippen molar-refractivity contribution in [1.29, 1.82) is 0 Å². The molecule has 2 aromatic carbocycles. The molecule has 2 aromatic rings. The molecule has 2 rings (SSSR count). The van der Waals surface area contributed by atoms with Gasteiger partial charge in [0.1, 0.15) is 5.75 Å². The standard InChI is InChI=1S/C14H16NO/c1-10(15)9-11-7-8-14(16-2)13-6-4-3-5-12(11)13/h3-8,10,15H,9H2,1-2H3. The Morgan fingerprint density at radius 2 is 1.81 bits per heavy atom. The minimum absolute atomic E-state index is 0.0724. The lowest BCUT2D eigenvalue weighted by Crippen LogP contribution is -2.07. The van der Waals surface area contributed by atoms with Crippen molar-refractivity contribution in [3.8, 4) is 5.75 Å². The third kappa shape index (κ3) is 2.02. The summed E-state index contributed by atoms with van der Waals surface area (Å²) in [6, 6.07) is 12.2. The van der Waals surface area contributed by atoms with Crippen molar-refractivity contribution in [2.24, 2.45) is 0 Å². The molecule has 2 nitrogen and oxygen atoms in total. The molecule has 0 aliphatic rings. The van der Waals surface area contributed by atoms with Crippen LogP contribution in [0.5, 0.6) is 5.75 Å². The van der Waals surface area contributed by atoms with Gasteiger partial charge in [-0.3, -0.25) is 5.73 Å². The van der Waals surface area contributed by atoms with E-state index in [1.54, 1.807) is 7.11 Å². The molecule has 0 aliphatic heterocycles. The maximum absolute atomic E-state index is 7.66. The lowest BCUT2D eigenvalue weighted by atomic mass is 9.99. The molecule has 1 unspecified atom stereocenters. The zero-order valence-electron chi connectivity index (χ0n) is 9.66. The summed E-state index contributed by atoms with van der Waals surface area (Å²) in [4.78, 5) is 0. The van der Waals surface area contributed by atoms with Crippen LogP contribution >= 0.6 is 0 Å². The van der Waals surface area contributed by atoms with Gasteiger partial charge in [-0.2, -0.15) is 0 Å². The molecule has 0 bridgehead atoms. The highest BCUT2D eigenvalue weighted by atomic mass is 16.5. The lowest BCUT2D eigenvalue weighted by Gasteiger charge is -2.11. The van der Waals surface area contributed by atoms with Crippen molar-refractivity contribution < 1.29 is 4.74 Å². The molecule has 0 saturated heterocycles. The maximum atomic E-state index is 7.66. The minimum atomic E-state index is -0.0724. The molecule has 0 saturated carbocycles. The first-order valence-electron chi connectivity index (χ1n) is 5.48. The first-order chi connectivity index (χ1) is 7.72. The van der Waals surface area contributed by atoms with Gasteiger partial charge in [-0.25, -0.2) is 0 Å². The Bertz CT molecular complexity index is 491. The van der Waals surface area contributed by atoms with Gasteiger partial charge in [-0.1, -0.05) is 30.3 Å². The van der Waals surface area contributed by atoms with E-state index < -0.39 is 0 Å². The molecule has 0 aliphatic carbocycles. The number of rotatable bonds is 3. The van der Waals surface area contributed by atoms with Gasteiger partial charge in [-0.15, -0.1) is 0 Å². The second-order valence-electron chi connectivity index (χ2n) is 4.08. The Morgan fingerprint density at radius 1 is 1.12 bits per heavy atom. The third-order valence-corrected chi connectivity index (χ3v) is 2.72. The van der Waals surface area contributed by atoms with E-state index in [0.717, 1.165) is 17.6 Å². The Labute approximate surface area is 96.0 Å². The minimum Gasteiger partial charge on any atom is -0.496 e. The highest BCUT2D eigenvalue weighted by molar-refractivity contribution is 5.91. The summed E-state index contributed by atoms with van der Waals surface area (Å²) in [5.41, 5.74) is 8.88. The highest BCUT2D eigenvalue weighted by Gasteiger charge is 2.07. The van der Waals surface area contributed by atoms with Crippen LogP contribution in [0.3, 0.4) is 0 Å². The van der Waals surface area contributed by atoms with Crippen LogP contribution in [0.1, 0.15) is 12.5 Å². The summed E-state index contributed by atoms with van der Waals surface area (Å²) in [6.45, 7) is 1.92. The third-order valence-electron chi connectivity index (χ3n) is 2.72. The van der Waals surface area contributed by atoms with E-state index in [2.05, 4.69) is 18.2 Å². The second kappa shape index (κ2) is 4.54. The zero-order valence-corrected chi connectivity index (χ0v) is 9.66. The lowest BCUT2D eigenvalue weighted by molar-refractivity contribution is 0.419. The van der Waals surface area contributed by atoms with Gasteiger partial charge in [0, 0.05) is 11.4 Å². The van der Waals surface area contributed by atoms with Gasteiger partial charge in [0.05, 0.1) is 7.11 Å². The maximum Gasteiger partial charge on any atom is 0.126 e. The monoisotopic (exact) mass is 214 g/mol. The molecule has 83 valence electrons. The quantitative estimate of drug-likeness (QED) is 0.773. The summed E-state index contributed by atoms with van der Waals surface area (Å²) >= 11 is 0. The molecular formula is C14H16NO. The fourth-order valence-corrected chi connectivity index (χ4v) is 2.02. The highest BCUT2D eigenvalue weighted by Crippen LogP contribution is 2.28. The summed E-state index contributed by atoms with van der Waals surface area (Å²) < 4.78 is 5.34. The van der Waals surface area contributed by atoms with Crippen LogP contribution in [0.25, 0.3) is 10.8 Å². The van der Waals surface area contributed by atoms with Gasteiger partial charge in [0.15, 0.2) is 0 Å². The van der Waals surface area contributed by atoms with Gasteiger partial charge >= 0.3 is 0 Å². The normalized spacial score (nSPS) is 12.7. The van der Waals surface area contributed by atoms with E-state index in [1.807, 2.05) is 25.1 Å². The summed E-state index contributed by atoms with van der Waals surface area (Å²) in [7, 11) is 1.69. The van der Waals surface area contributed by atoms with E-state index >= 15 is 0 Å². The van der Waals surface area contributed by atoms with Crippen LogP contribution in [0.4, 0.5) is 0 Å². The van der Waals surface area contributed by atoms with Crippen LogP contribution in [0.2, 0.25) is 0 Å². The molecule has 0 aromatic heterocycles. The van der Waals surface area contributed by atoms with E-state index in [-0.39, 0.29) is 6.04 Å². The summed E-state index contributed by atoms with van der Waals surface area (Å²) in [6.07, 6.45) is 0.782. The largest absolute Gasteiger partial charge is 0.496 e. The molecule has 2 heteroatoms. The SMILES string of the molecule is COc1ccc(CC(C)[NH])c2ccccc12. The molecule has 1 atom stereocenters. The number of benzene rings is 2. The van der Waals surface area contributed by atoms with Crippen LogP contribution < -0.4 is 10.5 Å². The average Bonchev–Trinajstić information content (AvgIpc) is 2.29. The summed E-state index contributed by atoms with van der Waals surface area (Å²) in [5, 5.41) is 2.32. The van der Waals surface area contributed by atoms with Gasteiger partial charge < -0.3 is 4.74 Å². The van der Waals surface area contributed by atoms with Crippen molar-refractivity contribution in [2.75, 3.05) is 7.11 Å². The van der Waals surface area contributed by atoms with Crippen molar-refractivity contribution in [2.45, 2.75) is 19.4 Å². The fourth-order valence-electron chi connectivity index (χ4n) is 2.02. The smallest absolute Gasteiger partial charge is 0.126 e. The predicted molar refractivity (Wildman–Crippen MR) is 66.8 cm³/mol. The van der Waals surface area contributed by atoms with Crippen LogP contribution in [-0.2, 0) is 6.42 Å². The average molecular weight is 214 g/mol. The van der Waals surface area contributed by atoms with E-state index in [1.165, 1.54) is 10.9 Å². The molecule has 0 fully saturated rings. The molecule has 16 heavy (non-hydrogen) atoms. The van der Waals surface area contributed by atoms with Crippen LogP contribution in [0, 0.1) is 0 Å². The van der Waals surface area contributed by atoms with Crippen molar-refractivity contribution in [3.63, 3.8) is 0 Å². The number of ether oxygens (including phenoxy) is 1. The molecule has 1 N–H and O–H groups in total. The topological polar surface area (TPSA) is 33.0 Å². The Hall–Kier alpha value is -1.54. The molecular weight excluding hydrogens is 198 g/mol. The molecule has 0 heterocycles. The molecule has 0 spiro atoms. The van der Waals surface area contributed by atoms with E-state index in [4.69, 9.17) is 10.5 Å². The Kier molecular flexibility index (Phi) is 3.11. The van der Waals surface area contributed by atoms with E-state index in [0.29, 0.717) is 0 Å².